The molecule has 0 N–H and O–H groups in total. The first kappa shape index (κ1) is 75.5. The fourth-order valence-corrected chi connectivity index (χ4v) is 20.4. The van der Waals surface area contributed by atoms with Crippen molar-refractivity contribution in [3.8, 4) is 124 Å². The molecule has 2 spiro atoms. The molecule has 1 aliphatic heterocycles. The number of halogens is 1. The van der Waals surface area contributed by atoms with Crippen LogP contribution in [0.4, 0.5) is 0 Å². The summed E-state index contributed by atoms with van der Waals surface area (Å²) in [5, 5.41) is 43.0. The highest BCUT2D eigenvalue weighted by atomic mass is 35.5. The quantitative estimate of drug-likeness (QED) is 0.138. The summed E-state index contributed by atoms with van der Waals surface area (Å²) in [6.45, 7) is 8.28. The number of aromatic nitrogens is 6. The van der Waals surface area contributed by atoms with Crippen molar-refractivity contribution in [3.05, 3.63) is 449 Å². The van der Waals surface area contributed by atoms with E-state index in [9.17, 15) is 5.26 Å². The van der Waals surface area contributed by atoms with E-state index in [2.05, 4.69) is 343 Å². The molecule has 10 nitrogen and oxygen atoms in total. The fourth-order valence-electron chi connectivity index (χ4n) is 20.3. The van der Waals surface area contributed by atoms with Gasteiger partial charge < -0.3 is 9.31 Å². The Kier molecular flexibility index (Phi) is 17.6. The van der Waals surface area contributed by atoms with E-state index in [1.54, 1.807) is 9.59 Å². The highest BCUT2D eigenvalue weighted by Gasteiger charge is 2.55. The van der Waals surface area contributed by atoms with Gasteiger partial charge in [0.15, 0.2) is 0 Å². The number of benzene rings is 18. The van der Waals surface area contributed by atoms with Gasteiger partial charge in [0.2, 0.25) is 0 Å². The molecule has 0 amide bonds. The van der Waals surface area contributed by atoms with Crippen LogP contribution in [0.1, 0.15) is 83.3 Å². The number of nitriles is 2. The average molecular weight is 1640 g/mol. The normalized spacial score (nSPS) is 14.2. The standard InChI is InChI=1S/C54H32N4.C37H22ClN3.C23H22BNO2/c55-33-34-17-19-35(20-18-34)40-28-29-41(43-10-2-1-9-42(40)43)36-21-25-39(26-22-36)58-56-52-30-24-38(32-53(52)57-58)37-23-27-47-46-13-5-8-16-50(46)54(51(47)31-37)48-14-6-3-11-44(48)45-12-4-7-15-49(45)54;38-25-15-17-26(18-16-25)41-39-35-20-14-24(22-36(35)40-41)23-13-19-30-29-9-3-6-12-33(29)37(34(30)21-23)31-10-4-1-7-27(31)28-8-2-5-11-32(28)37;1-22(2)23(3,4)27-24(26-22)21-14-13-18(19-7-5-6-8-20(19)21)17-11-9-16(15-25)10-12-17/h1-32H;1-22H;5-14H,1-4H3. The zero-order valence-electron chi connectivity index (χ0n) is 69.3. The molecular weight excluding hydrogens is 1560 g/mol. The molecule has 126 heavy (non-hydrogen) atoms. The van der Waals surface area contributed by atoms with Gasteiger partial charge in [0.05, 0.1) is 56.7 Å². The molecule has 2 aromatic heterocycles. The summed E-state index contributed by atoms with van der Waals surface area (Å²) in [6, 6.07) is 142. The van der Waals surface area contributed by atoms with Gasteiger partial charge in [-0.2, -0.15) is 20.1 Å². The first-order valence-corrected chi connectivity index (χ1v) is 43.0. The molecule has 0 atom stereocenters. The third kappa shape index (κ3) is 11.8. The monoisotopic (exact) mass is 1630 g/mol. The summed E-state index contributed by atoms with van der Waals surface area (Å²) in [6.07, 6.45) is 0. The van der Waals surface area contributed by atoms with Gasteiger partial charge in [-0.3, -0.25) is 0 Å². The van der Waals surface area contributed by atoms with Crippen LogP contribution in [0.15, 0.2) is 388 Å². The minimum Gasteiger partial charge on any atom is -0.399 e. The Morgan fingerprint density at radius 2 is 0.532 bits per heavy atom. The third-order valence-corrected chi connectivity index (χ3v) is 27.2. The van der Waals surface area contributed by atoms with Crippen molar-refractivity contribution < 1.29 is 9.31 Å². The van der Waals surface area contributed by atoms with Crippen molar-refractivity contribution in [2.45, 2.75) is 49.7 Å². The van der Waals surface area contributed by atoms with Crippen LogP contribution < -0.4 is 5.46 Å². The largest absolute Gasteiger partial charge is 0.495 e. The van der Waals surface area contributed by atoms with Gasteiger partial charge in [-0.15, -0.1) is 20.4 Å². The fraction of sp³-hybridized carbons (Fsp3) is 0.0702. The molecule has 0 saturated carbocycles. The Morgan fingerprint density at radius 1 is 0.262 bits per heavy atom. The van der Waals surface area contributed by atoms with Crippen molar-refractivity contribution in [2.24, 2.45) is 0 Å². The lowest BCUT2D eigenvalue weighted by molar-refractivity contribution is 0.00578. The molecule has 0 bridgehead atoms. The smallest absolute Gasteiger partial charge is 0.399 e. The molecule has 0 radical (unpaired) electrons. The van der Waals surface area contributed by atoms with Gasteiger partial charge in [-0.25, -0.2) is 0 Å². The lowest BCUT2D eigenvalue weighted by Crippen LogP contribution is -2.41. The highest BCUT2D eigenvalue weighted by molar-refractivity contribution is 6.65. The maximum Gasteiger partial charge on any atom is 0.495 e. The van der Waals surface area contributed by atoms with Crippen molar-refractivity contribution in [3.63, 3.8) is 0 Å². The van der Waals surface area contributed by atoms with Crippen LogP contribution in [0, 0.1) is 22.7 Å². The number of fused-ring (bicyclic) bond motifs is 24. The van der Waals surface area contributed by atoms with Gasteiger partial charge in [0.1, 0.15) is 22.1 Å². The van der Waals surface area contributed by atoms with E-state index in [0.29, 0.717) is 16.1 Å². The predicted molar refractivity (Wildman–Crippen MR) is 509 cm³/mol. The lowest BCUT2D eigenvalue weighted by Gasteiger charge is -2.32. The van der Waals surface area contributed by atoms with Crippen molar-refractivity contribution in [1.82, 2.24) is 30.0 Å². The van der Waals surface area contributed by atoms with Gasteiger partial charge in [-0.1, -0.05) is 303 Å². The van der Waals surface area contributed by atoms with Gasteiger partial charge in [-0.05, 0) is 296 Å². The van der Waals surface area contributed by atoms with Gasteiger partial charge in [0.25, 0.3) is 0 Å². The van der Waals surface area contributed by atoms with Crippen LogP contribution in [0.3, 0.4) is 0 Å². The average Bonchev–Trinajstić information content (AvgIpc) is 1.51. The van der Waals surface area contributed by atoms with E-state index in [1.165, 1.54) is 105 Å². The van der Waals surface area contributed by atoms with E-state index < -0.39 is 7.12 Å². The summed E-state index contributed by atoms with van der Waals surface area (Å²) < 4.78 is 12.6. The molecule has 594 valence electrons. The van der Waals surface area contributed by atoms with Crippen LogP contribution in [-0.2, 0) is 20.1 Å². The van der Waals surface area contributed by atoms with Crippen molar-refractivity contribution in [1.29, 1.82) is 10.5 Å². The second-order valence-corrected chi connectivity index (χ2v) is 34.6. The second kappa shape index (κ2) is 29.4. The zero-order valence-corrected chi connectivity index (χ0v) is 70.1. The van der Waals surface area contributed by atoms with Crippen molar-refractivity contribution >= 4 is 67.8 Å². The molecule has 4 aliphatic carbocycles. The minimum absolute atomic E-state index is 0.350. The summed E-state index contributed by atoms with van der Waals surface area (Å²) in [4.78, 5) is 3.41. The van der Waals surface area contributed by atoms with E-state index in [-0.39, 0.29) is 22.0 Å². The Labute approximate surface area is 734 Å². The molecule has 0 unspecified atom stereocenters. The Morgan fingerprint density at radius 3 is 0.897 bits per heavy atom. The van der Waals surface area contributed by atoms with Crippen LogP contribution in [0.25, 0.3) is 155 Å². The maximum atomic E-state index is 9.28. The minimum atomic E-state index is -0.394. The van der Waals surface area contributed by atoms with Gasteiger partial charge in [0, 0.05) is 5.02 Å². The molecule has 3 heterocycles. The molecule has 18 aromatic carbocycles. The zero-order chi connectivity index (χ0) is 84.7. The molecule has 20 aromatic rings. The van der Waals surface area contributed by atoms with Gasteiger partial charge >= 0.3 is 7.12 Å². The number of nitrogens with zero attached hydrogens (tertiary/aromatic N) is 8. The van der Waals surface area contributed by atoms with Crippen molar-refractivity contribution in [2.75, 3.05) is 0 Å². The van der Waals surface area contributed by atoms with E-state index in [4.69, 9.17) is 46.6 Å². The molecule has 5 aliphatic rings. The first-order chi connectivity index (χ1) is 61.7. The predicted octanol–water partition coefficient (Wildman–Crippen LogP) is 26.6. The molecule has 1 saturated heterocycles. The lowest BCUT2D eigenvalue weighted by atomic mass is 9.70. The topological polar surface area (TPSA) is 127 Å². The second-order valence-electron chi connectivity index (χ2n) is 34.1. The maximum absolute atomic E-state index is 9.28. The molecule has 12 heteroatoms. The Hall–Kier alpha value is -15.5. The molecule has 1 fully saturated rings. The summed E-state index contributed by atoms with van der Waals surface area (Å²) in [5.74, 6) is 0. The van der Waals surface area contributed by atoms with E-state index in [1.807, 2.05) is 84.9 Å². The SMILES string of the molecule is CC1(C)OB(c2ccc(-c3ccc(C#N)cc3)c3ccccc23)OC1(C)C.Clc1ccc(-n2nc3ccc(-c4ccc5c(c4)C4(c6ccccc6-c6ccccc64)c4ccccc4-5)cc3n2)cc1.N#Cc1ccc(-c2ccc(-c3ccc(-n4nc5ccc(-c6ccc7c(c6)C6(c8ccccc8-c8ccccc86)c6ccccc6-7)cc5n4)cc3)c3ccccc23)cc1. The summed E-state index contributed by atoms with van der Waals surface area (Å²) in [7, 11) is -0.394. The number of rotatable bonds is 8. The number of hydrogen-bond acceptors (Lipinski definition) is 8. The first-order valence-electron chi connectivity index (χ1n) is 42.6. The Balaban J connectivity index is 0.000000117. The van der Waals surface area contributed by atoms with Crippen LogP contribution in [0.2, 0.25) is 5.02 Å². The van der Waals surface area contributed by atoms with Crippen LogP contribution in [0.5, 0.6) is 0 Å². The third-order valence-electron chi connectivity index (χ3n) is 26.9. The highest BCUT2D eigenvalue weighted by Crippen LogP contribution is 2.65. The Bertz CT molecular complexity index is 7830. The molecule has 25 rings (SSSR count). The van der Waals surface area contributed by atoms with E-state index >= 15 is 0 Å². The van der Waals surface area contributed by atoms with Crippen LogP contribution >= 0.6 is 11.6 Å². The summed E-state index contributed by atoms with van der Waals surface area (Å²) in [5.41, 5.74) is 38.6. The summed E-state index contributed by atoms with van der Waals surface area (Å²) >= 11 is 6.09. The number of hydrogen-bond donors (Lipinski definition) is 0. The molecular formula is C114H76BClN8O2. The van der Waals surface area contributed by atoms with Crippen LogP contribution in [-0.4, -0.2) is 48.3 Å². The van der Waals surface area contributed by atoms with E-state index in [0.717, 1.165) is 99.7 Å².